The molecule has 1 aromatic rings. The van der Waals surface area contributed by atoms with Gasteiger partial charge in [-0.15, -0.1) is 0 Å². The van der Waals surface area contributed by atoms with Crippen LogP contribution < -0.4 is 9.47 Å². The van der Waals surface area contributed by atoms with Crippen molar-refractivity contribution in [2.24, 2.45) is 0 Å². The van der Waals surface area contributed by atoms with Crippen molar-refractivity contribution in [2.45, 2.75) is 38.8 Å². The number of benzene rings is 1. The van der Waals surface area contributed by atoms with Gasteiger partial charge in [-0.1, -0.05) is 6.92 Å². The Hall–Kier alpha value is -1.75. The molecule has 21 heavy (non-hydrogen) atoms. The Morgan fingerprint density at radius 2 is 2.14 bits per heavy atom. The summed E-state index contributed by atoms with van der Waals surface area (Å²) in [6, 6.07) is 5.66. The fourth-order valence-corrected chi connectivity index (χ4v) is 2.02. The maximum atomic E-state index is 12.0. The minimum Gasteiger partial charge on any atom is -0.493 e. The predicted octanol–water partition coefficient (Wildman–Crippen LogP) is 1.97. The molecule has 5 nitrogen and oxygen atoms in total. The van der Waals surface area contributed by atoms with Crippen LogP contribution in [0.15, 0.2) is 18.2 Å². The van der Waals surface area contributed by atoms with Crippen LogP contribution in [0.2, 0.25) is 0 Å². The lowest BCUT2D eigenvalue weighted by atomic mass is 10.2. The van der Waals surface area contributed by atoms with E-state index in [4.69, 9.17) is 9.47 Å². The summed E-state index contributed by atoms with van der Waals surface area (Å²) in [6.07, 6.45) is 3.07. The van der Waals surface area contributed by atoms with E-state index < -0.39 is 0 Å². The van der Waals surface area contributed by atoms with Gasteiger partial charge in [0.15, 0.2) is 6.61 Å². The fraction of sp³-hybridized carbons (Fsp3) is 0.562. The first kappa shape index (κ1) is 15.6. The predicted molar refractivity (Wildman–Crippen MR) is 79.4 cm³/mol. The van der Waals surface area contributed by atoms with Crippen LogP contribution in [0.5, 0.6) is 11.5 Å². The van der Waals surface area contributed by atoms with Crippen LogP contribution in [0.3, 0.4) is 0 Å². The van der Waals surface area contributed by atoms with Gasteiger partial charge < -0.3 is 19.5 Å². The zero-order valence-electron chi connectivity index (χ0n) is 12.7. The highest BCUT2D eigenvalue weighted by atomic mass is 16.5. The first-order valence-electron chi connectivity index (χ1n) is 7.40. The van der Waals surface area contributed by atoms with Gasteiger partial charge in [0.2, 0.25) is 0 Å². The van der Waals surface area contributed by atoms with Crippen molar-refractivity contribution in [2.75, 3.05) is 20.3 Å². The highest BCUT2D eigenvalue weighted by Crippen LogP contribution is 2.27. The molecular weight excluding hydrogens is 270 g/mol. The first-order valence-corrected chi connectivity index (χ1v) is 7.40. The molecule has 0 radical (unpaired) electrons. The normalized spacial score (nSPS) is 13.9. The Balaban J connectivity index is 1.97. The monoisotopic (exact) mass is 293 g/mol. The van der Waals surface area contributed by atoms with E-state index in [-0.39, 0.29) is 19.1 Å². The smallest absolute Gasteiger partial charge is 0.260 e. The van der Waals surface area contributed by atoms with E-state index in [2.05, 4.69) is 0 Å². The van der Waals surface area contributed by atoms with Crippen LogP contribution in [-0.2, 0) is 11.4 Å². The number of ether oxygens (including phenoxy) is 2. The van der Waals surface area contributed by atoms with Crippen LogP contribution in [0, 0.1) is 0 Å². The minimum atomic E-state index is -0.129. The van der Waals surface area contributed by atoms with E-state index in [1.807, 2.05) is 6.92 Å². The van der Waals surface area contributed by atoms with Gasteiger partial charge in [0.1, 0.15) is 11.5 Å². The van der Waals surface area contributed by atoms with Gasteiger partial charge in [0, 0.05) is 24.7 Å². The van der Waals surface area contributed by atoms with E-state index in [9.17, 15) is 9.90 Å². The van der Waals surface area contributed by atoms with Crippen LogP contribution in [0.4, 0.5) is 0 Å². The molecule has 1 aromatic carbocycles. The van der Waals surface area contributed by atoms with Crippen molar-refractivity contribution in [1.29, 1.82) is 0 Å². The Kier molecular flexibility index (Phi) is 5.44. The zero-order valence-corrected chi connectivity index (χ0v) is 12.7. The molecule has 1 N–H and O–H groups in total. The van der Waals surface area contributed by atoms with Crippen molar-refractivity contribution >= 4 is 5.91 Å². The van der Waals surface area contributed by atoms with Gasteiger partial charge in [0.25, 0.3) is 5.91 Å². The summed E-state index contributed by atoms with van der Waals surface area (Å²) < 4.78 is 11.1. The van der Waals surface area contributed by atoms with Crippen molar-refractivity contribution < 1.29 is 19.4 Å². The summed E-state index contributed by atoms with van der Waals surface area (Å²) >= 11 is 0. The number of rotatable bonds is 8. The molecule has 0 aromatic heterocycles. The van der Waals surface area contributed by atoms with Gasteiger partial charge in [-0.2, -0.15) is 0 Å². The molecule has 1 aliphatic carbocycles. The molecule has 0 spiro atoms. The standard InChI is InChI=1S/C16H23NO4/c1-3-8-20-14-7-4-12(10-18)15(9-14)21-11-16(19)17(2)13-5-6-13/h4,7,9,13,18H,3,5-6,8,10-11H2,1-2H3. The number of amides is 1. The molecule has 0 atom stereocenters. The number of hydrogen-bond donors (Lipinski definition) is 1. The van der Waals surface area contributed by atoms with Crippen molar-refractivity contribution in [3.8, 4) is 11.5 Å². The van der Waals surface area contributed by atoms with Crippen LogP contribution in [0.25, 0.3) is 0 Å². The Labute approximate surface area is 125 Å². The van der Waals surface area contributed by atoms with E-state index >= 15 is 0 Å². The summed E-state index contributed by atoms with van der Waals surface area (Å²) in [5.41, 5.74) is 0.653. The molecule has 1 fully saturated rings. The van der Waals surface area contributed by atoms with Gasteiger partial charge in [-0.05, 0) is 31.4 Å². The average Bonchev–Trinajstić information content (AvgIpc) is 3.34. The number of aliphatic hydroxyl groups excluding tert-OH is 1. The summed E-state index contributed by atoms with van der Waals surface area (Å²) in [7, 11) is 1.80. The third kappa shape index (κ3) is 4.36. The van der Waals surface area contributed by atoms with Crippen molar-refractivity contribution in [3.05, 3.63) is 23.8 Å². The Morgan fingerprint density at radius 3 is 2.76 bits per heavy atom. The lowest BCUT2D eigenvalue weighted by Gasteiger charge is -2.17. The second-order valence-corrected chi connectivity index (χ2v) is 5.30. The van der Waals surface area contributed by atoms with E-state index in [0.717, 1.165) is 19.3 Å². The number of hydrogen-bond acceptors (Lipinski definition) is 4. The number of carbonyl (C=O) groups excluding carboxylic acids is 1. The van der Waals surface area contributed by atoms with Gasteiger partial charge in [-0.25, -0.2) is 0 Å². The van der Waals surface area contributed by atoms with Gasteiger partial charge in [0.05, 0.1) is 13.2 Å². The number of nitrogens with zero attached hydrogens (tertiary/aromatic N) is 1. The quantitative estimate of drug-likeness (QED) is 0.796. The lowest BCUT2D eigenvalue weighted by Crippen LogP contribution is -2.33. The largest absolute Gasteiger partial charge is 0.493 e. The third-order valence-electron chi connectivity index (χ3n) is 3.52. The Morgan fingerprint density at radius 1 is 1.38 bits per heavy atom. The first-order chi connectivity index (χ1) is 10.2. The molecule has 0 aliphatic heterocycles. The molecule has 2 rings (SSSR count). The molecular formula is C16H23NO4. The molecule has 1 amide bonds. The van der Waals surface area contributed by atoms with Crippen LogP contribution >= 0.6 is 0 Å². The maximum Gasteiger partial charge on any atom is 0.260 e. The number of aliphatic hydroxyl groups is 1. The molecule has 116 valence electrons. The van der Waals surface area contributed by atoms with E-state index in [1.165, 1.54) is 0 Å². The molecule has 1 aliphatic rings. The summed E-state index contributed by atoms with van der Waals surface area (Å²) in [5.74, 6) is 1.15. The second kappa shape index (κ2) is 7.31. The molecule has 0 saturated heterocycles. The molecule has 0 unspecified atom stereocenters. The fourth-order valence-electron chi connectivity index (χ4n) is 2.02. The molecule has 5 heteroatoms. The van der Waals surface area contributed by atoms with Gasteiger partial charge in [-0.3, -0.25) is 4.79 Å². The Bertz CT molecular complexity index is 485. The molecule has 0 heterocycles. The highest BCUT2D eigenvalue weighted by molar-refractivity contribution is 5.78. The van der Waals surface area contributed by atoms with Gasteiger partial charge >= 0.3 is 0 Å². The summed E-state index contributed by atoms with van der Waals surface area (Å²) in [5, 5.41) is 9.34. The van der Waals surface area contributed by atoms with Crippen molar-refractivity contribution in [1.82, 2.24) is 4.90 Å². The number of carbonyl (C=O) groups is 1. The topological polar surface area (TPSA) is 59.0 Å². The second-order valence-electron chi connectivity index (χ2n) is 5.30. The molecule has 1 saturated carbocycles. The SMILES string of the molecule is CCCOc1ccc(CO)c(OCC(=O)N(C)C2CC2)c1. The third-order valence-corrected chi connectivity index (χ3v) is 3.52. The minimum absolute atomic E-state index is 0.0166. The molecule has 0 bridgehead atoms. The van der Waals surface area contributed by atoms with Crippen LogP contribution in [0.1, 0.15) is 31.7 Å². The van der Waals surface area contributed by atoms with E-state index in [1.54, 1.807) is 30.1 Å². The summed E-state index contributed by atoms with van der Waals surface area (Å²) in [6.45, 7) is 2.51. The van der Waals surface area contributed by atoms with E-state index in [0.29, 0.717) is 29.7 Å². The van der Waals surface area contributed by atoms with Crippen LogP contribution in [-0.4, -0.2) is 42.2 Å². The number of likely N-dealkylation sites (N-methyl/N-ethyl adjacent to an activating group) is 1. The maximum absolute atomic E-state index is 12.0. The lowest BCUT2D eigenvalue weighted by molar-refractivity contribution is -0.132. The zero-order chi connectivity index (χ0) is 15.2. The average molecular weight is 293 g/mol. The van der Waals surface area contributed by atoms with Crippen molar-refractivity contribution in [3.63, 3.8) is 0 Å². The summed E-state index contributed by atoms with van der Waals surface area (Å²) in [4.78, 5) is 13.7. The highest BCUT2D eigenvalue weighted by Gasteiger charge is 2.29.